The predicted octanol–water partition coefficient (Wildman–Crippen LogP) is 5.03. The molecule has 0 aliphatic carbocycles. The van der Waals surface area contributed by atoms with Crippen LogP contribution in [0.5, 0.6) is 5.75 Å². The fraction of sp³-hybridized carbons (Fsp3) is 0.333. The first-order valence-electron chi connectivity index (χ1n) is 13.8. The number of ether oxygens (including phenoxy) is 1. The Labute approximate surface area is 257 Å². The predicted molar refractivity (Wildman–Crippen MR) is 158 cm³/mol. The summed E-state index contributed by atoms with van der Waals surface area (Å²) in [6, 6.07) is 11.1. The minimum atomic E-state index is -4.53. The Morgan fingerprint density at radius 3 is 2.36 bits per heavy atom. The Morgan fingerprint density at radius 1 is 1.11 bits per heavy atom. The maximum Gasteiger partial charge on any atom is 0.416 e. The summed E-state index contributed by atoms with van der Waals surface area (Å²) in [7, 11) is -2.82. The number of amides is 3. The molecule has 0 spiro atoms. The first kappa shape index (κ1) is 33.5. The third-order valence-electron chi connectivity index (χ3n) is 7.32. The number of aliphatic hydroxyl groups excluding tert-OH is 1. The molecule has 0 saturated carbocycles. The van der Waals surface area contributed by atoms with E-state index in [2.05, 4.69) is 10.0 Å². The van der Waals surface area contributed by atoms with Gasteiger partial charge in [0.2, 0.25) is 0 Å². The Bertz CT molecular complexity index is 1640. The molecule has 0 unspecified atom stereocenters. The van der Waals surface area contributed by atoms with Crippen LogP contribution in [0.1, 0.15) is 29.8 Å². The van der Waals surface area contributed by atoms with Crippen LogP contribution in [0.15, 0.2) is 71.6 Å². The molecular weight excluding hydrogens is 620 g/mol. The number of likely N-dealkylation sites (N-methyl/N-ethyl adjacent to an activating group) is 1. The van der Waals surface area contributed by atoms with Gasteiger partial charge < -0.3 is 25.0 Å². The van der Waals surface area contributed by atoms with E-state index in [0.29, 0.717) is 0 Å². The van der Waals surface area contributed by atoms with Crippen molar-refractivity contribution in [2.75, 3.05) is 36.8 Å². The van der Waals surface area contributed by atoms with Crippen LogP contribution in [0.25, 0.3) is 0 Å². The van der Waals surface area contributed by atoms with E-state index in [1.54, 1.807) is 13.8 Å². The first-order valence-corrected chi connectivity index (χ1v) is 15.3. The van der Waals surface area contributed by atoms with Gasteiger partial charge in [-0.05, 0) is 67.6 Å². The lowest BCUT2D eigenvalue weighted by molar-refractivity contribution is -0.137. The second-order valence-electron chi connectivity index (χ2n) is 10.8. The van der Waals surface area contributed by atoms with Crippen LogP contribution in [0, 0.1) is 11.7 Å². The molecule has 0 saturated heterocycles. The monoisotopic (exact) mass is 652 g/mol. The second kappa shape index (κ2) is 13.3. The number of para-hydroxylation sites is 1. The summed E-state index contributed by atoms with van der Waals surface area (Å²) >= 11 is 0. The number of aliphatic hydroxyl groups is 1. The van der Waals surface area contributed by atoms with Crippen molar-refractivity contribution in [1.82, 2.24) is 9.80 Å². The molecule has 3 atom stereocenters. The Kier molecular flexibility index (Phi) is 9.92. The summed E-state index contributed by atoms with van der Waals surface area (Å²) < 4.78 is 87.2. The van der Waals surface area contributed by atoms with Crippen molar-refractivity contribution in [1.29, 1.82) is 0 Å². The van der Waals surface area contributed by atoms with Gasteiger partial charge in [0.1, 0.15) is 11.9 Å². The fourth-order valence-electron chi connectivity index (χ4n) is 4.67. The maximum atomic E-state index is 13.7. The lowest BCUT2D eigenvalue weighted by Gasteiger charge is -2.38. The highest BCUT2D eigenvalue weighted by Gasteiger charge is 2.36. The van der Waals surface area contributed by atoms with E-state index in [9.17, 15) is 40.7 Å². The number of sulfonamides is 1. The molecule has 3 amide bonds. The van der Waals surface area contributed by atoms with E-state index in [1.165, 1.54) is 35.0 Å². The van der Waals surface area contributed by atoms with Gasteiger partial charge in [0.05, 0.1) is 40.9 Å². The van der Waals surface area contributed by atoms with Gasteiger partial charge in [-0.1, -0.05) is 13.0 Å². The molecule has 1 aliphatic heterocycles. The number of hydrogen-bond acceptors (Lipinski definition) is 6. The van der Waals surface area contributed by atoms with Gasteiger partial charge in [-0.2, -0.15) is 13.2 Å². The van der Waals surface area contributed by atoms with Crippen molar-refractivity contribution in [3.05, 3.63) is 83.7 Å². The summed E-state index contributed by atoms with van der Waals surface area (Å²) in [5.74, 6) is -1.72. The highest BCUT2D eigenvalue weighted by Crippen LogP contribution is 2.36. The van der Waals surface area contributed by atoms with E-state index >= 15 is 0 Å². The van der Waals surface area contributed by atoms with Crippen molar-refractivity contribution in [2.45, 2.75) is 37.1 Å². The van der Waals surface area contributed by atoms with Gasteiger partial charge in [-0.25, -0.2) is 17.6 Å². The molecule has 1 aliphatic rings. The number of anilines is 2. The highest BCUT2D eigenvalue weighted by molar-refractivity contribution is 7.92. The lowest BCUT2D eigenvalue weighted by atomic mass is 9.99. The summed E-state index contributed by atoms with van der Waals surface area (Å²) in [5, 5.41) is 12.4. The standard InChI is InChI=1S/C30H32F4N4O6S/c1-18-15-38(19(2)17-39)28(40)24-5-4-6-25(36-45(42,43)23-13-9-21(31)10-14-23)27(24)44-26(18)16-37(3)29(41)35-22-11-7-20(8-12-22)30(32,33)34/h4-14,18-19,26,36,39H,15-17H2,1-3H3,(H,35,41)/t18-,19-,26+/m0/s1. The molecule has 10 nitrogen and oxygen atoms in total. The number of hydrogen-bond donors (Lipinski definition) is 3. The van der Waals surface area contributed by atoms with Crippen LogP contribution in [0.2, 0.25) is 0 Å². The minimum Gasteiger partial charge on any atom is -0.485 e. The van der Waals surface area contributed by atoms with Crippen LogP contribution < -0.4 is 14.8 Å². The smallest absolute Gasteiger partial charge is 0.416 e. The number of carbonyl (C=O) groups is 2. The number of alkyl halides is 3. The van der Waals surface area contributed by atoms with Crippen LogP contribution in [0.4, 0.5) is 33.7 Å². The molecule has 0 aromatic heterocycles. The van der Waals surface area contributed by atoms with Crippen LogP contribution >= 0.6 is 0 Å². The van der Waals surface area contributed by atoms with Crippen LogP contribution in [-0.2, 0) is 16.2 Å². The summed E-state index contributed by atoms with van der Waals surface area (Å²) in [4.78, 5) is 29.1. The normalized spacial score (nSPS) is 17.8. The molecule has 242 valence electrons. The quantitative estimate of drug-likeness (QED) is 0.293. The van der Waals surface area contributed by atoms with Crippen molar-refractivity contribution < 1.29 is 45.4 Å². The number of fused-ring (bicyclic) bond motifs is 1. The second-order valence-corrected chi connectivity index (χ2v) is 12.4. The van der Waals surface area contributed by atoms with Gasteiger partial charge in [0.25, 0.3) is 15.9 Å². The zero-order chi connectivity index (χ0) is 33.1. The number of nitrogens with zero attached hydrogens (tertiary/aromatic N) is 2. The zero-order valence-electron chi connectivity index (χ0n) is 24.5. The van der Waals surface area contributed by atoms with E-state index < -0.39 is 57.6 Å². The number of halogens is 4. The van der Waals surface area contributed by atoms with E-state index in [4.69, 9.17) is 4.74 Å². The Morgan fingerprint density at radius 2 is 1.76 bits per heavy atom. The molecule has 15 heteroatoms. The van der Waals surface area contributed by atoms with Gasteiger partial charge in [0.15, 0.2) is 5.75 Å². The Balaban J connectivity index is 1.64. The first-order chi connectivity index (χ1) is 21.1. The molecule has 3 N–H and O–H groups in total. The van der Waals surface area contributed by atoms with E-state index in [-0.39, 0.29) is 47.3 Å². The number of benzene rings is 3. The van der Waals surface area contributed by atoms with Gasteiger partial charge in [-0.15, -0.1) is 0 Å². The fourth-order valence-corrected chi connectivity index (χ4v) is 5.74. The molecule has 3 aromatic rings. The molecular formula is C30H32F4N4O6S. The van der Waals surface area contributed by atoms with Gasteiger partial charge >= 0.3 is 12.2 Å². The Hall–Kier alpha value is -4.37. The topological polar surface area (TPSA) is 128 Å². The average Bonchev–Trinajstić information content (AvgIpc) is 2.98. The summed E-state index contributed by atoms with van der Waals surface area (Å²) in [6.07, 6.45) is -5.36. The van der Waals surface area contributed by atoms with Crippen LogP contribution in [0.3, 0.4) is 0 Å². The molecule has 4 rings (SSSR count). The van der Waals surface area contributed by atoms with Gasteiger partial charge in [-0.3, -0.25) is 9.52 Å². The summed E-state index contributed by atoms with van der Waals surface area (Å²) in [6.45, 7) is 3.08. The van der Waals surface area contributed by atoms with Crippen molar-refractivity contribution in [3.63, 3.8) is 0 Å². The van der Waals surface area contributed by atoms with Gasteiger partial charge in [0, 0.05) is 25.2 Å². The van der Waals surface area contributed by atoms with Crippen molar-refractivity contribution >= 4 is 33.3 Å². The van der Waals surface area contributed by atoms with Crippen LogP contribution in [-0.4, -0.2) is 74.2 Å². The van der Waals surface area contributed by atoms with Crippen molar-refractivity contribution in [3.8, 4) is 5.75 Å². The minimum absolute atomic E-state index is 0.00312. The lowest BCUT2D eigenvalue weighted by Crippen LogP contribution is -2.50. The SMILES string of the molecule is C[C@H]1CN([C@@H](C)CO)C(=O)c2cccc(NS(=O)(=O)c3ccc(F)cc3)c2O[C@@H]1CN(C)C(=O)Nc1ccc(C(F)(F)F)cc1. The number of rotatable bonds is 8. The third-order valence-corrected chi connectivity index (χ3v) is 8.70. The van der Waals surface area contributed by atoms with Crippen molar-refractivity contribution in [2.24, 2.45) is 5.92 Å². The molecule has 45 heavy (non-hydrogen) atoms. The van der Waals surface area contributed by atoms with E-state index in [0.717, 1.165) is 48.5 Å². The molecule has 3 aromatic carbocycles. The number of nitrogens with one attached hydrogen (secondary N) is 2. The molecule has 0 radical (unpaired) electrons. The molecule has 1 heterocycles. The molecule has 0 fully saturated rings. The number of urea groups is 1. The molecule has 0 bridgehead atoms. The maximum absolute atomic E-state index is 13.7. The summed E-state index contributed by atoms with van der Waals surface area (Å²) in [5.41, 5.74) is -0.824. The average molecular weight is 653 g/mol. The highest BCUT2D eigenvalue weighted by atomic mass is 32.2. The number of carbonyl (C=O) groups excluding carboxylic acids is 2. The van der Waals surface area contributed by atoms with E-state index in [1.807, 2.05) is 0 Å². The third kappa shape index (κ3) is 7.84. The zero-order valence-corrected chi connectivity index (χ0v) is 25.3. The largest absolute Gasteiger partial charge is 0.485 e.